The first-order valence-corrected chi connectivity index (χ1v) is 4.85. The largest absolute Gasteiger partial charge is 0.0843 e. The summed E-state index contributed by atoms with van der Waals surface area (Å²) in [6.45, 7) is 4.31. The third kappa shape index (κ3) is 2.15. The van der Waals surface area contributed by atoms with Gasteiger partial charge in [-0.25, -0.2) is 0 Å². The molecule has 66 valence electrons. The Kier molecular flexibility index (Phi) is 3.42. The van der Waals surface area contributed by atoms with E-state index in [1.165, 1.54) is 5.56 Å². The molecule has 0 aliphatic rings. The normalized spacial score (nSPS) is 13.0. The minimum absolute atomic E-state index is 0.509. The summed E-state index contributed by atoms with van der Waals surface area (Å²) in [6, 6.07) is 5.68. The molecule has 0 bridgehead atoms. The molecular weight excluding hydrogens is 191 g/mol. The van der Waals surface area contributed by atoms with Crippen LogP contribution in [0.4, 0.5) is 0 Å². The van der Waals surface area contributed by atoms with Gasteiger partial charge in [-0.15, -0.1) is 0 Å². The highest BCUT2D eigenvalue weighted by Crippen LogP contribution is 2.28. The van der Waals surface area contributed by atoms with Crippen molar-refractivity contribution in [1.82, 2.24) is 0 Å². The standard InChI is InChI=1S/C10H12Cl2/c1-3-7(2)9-5-4-8(11)6-10(9)12/h4-7H,3H2,1-2H3/t7-/m1/s1. The fraction of sp³-hybridized carbons (Fsp3) is 0.400. The molecule has 0 aliphatic carbocycles. The van der Waals surface area contributed by atoms with Crippen molar-refractivity contribution in [3.8, 4) is 0 Å². The maximum Gasteiger partial charge on any atom is 0.0455 e. The SMILES string of the molecule is CC[C@@H](C)c1ccc(Cl)cc1Cl. The average Bonchev–Trinajstić information content (AvgIpc) is 2.03. The highest BCUT2D eigenvalue weighted by Gasteiger charge is 2.07. The van der Waals surface area contributed by atoms with Gasteiger partial charge in [-0.05, 0) is 30.0 Å². The smallest absolute Gasteiger partial charge is 0.0455 e. The highest BCUT2D eigenvalue weighted by atomic mass is 35.5. The van der Waals surface area contributed by atoms with Gasteiger partial charge in [-0.2, -0.15) is 0 Å². The van der Waals surface area contributed by atoms with Crippen LogP contribution in [0.3, 0.4) is 0 Å². The molecule has 1 atom stereocenters. The quantitative estimate of drug-likeness (QED) is 0.663. The first-order valence-electron chi connectivity index (χ1n) is 4.10. The molecule has 0 aliphatic heterocycles. The Balaban J connectivity index is 3.01. The predicted octanol–water partition coefficient (Wildman–Crippen LogP) is 4.51. The van der Waals surface area contributed by atoms with Crippen LogP contribution in [0.5, 0.6) is 0 Å². The lowest BCUT2D eigenvalue weighted by Gasteiger charge is -2.10. The van der Waals surface area contributed by atoms with E-state index >= 15 is 0 Å². The number of hydrogen-bond acceptors (Lipinski definition) is 0. The fourth-order valence-corrected chi connectivity index (χ4v) is 1.72. The zero-order chi connectivity index (χ0) is 9.14. The van der Waals surface area contributed by atoms with E-state index in [2.05, 4.69) is 13.8 Å². The number of hydrogen-bond donors (Lipinski definition) is 0. The van der Waals surface area contributed by atoms with Gasteiger partial charge in [-0.3, -0.25) is 0 Å². The molecule has 2 heteroatoms. The van der Waals surface area contributed by atoms with Crippen molar-refractivity contribution in [3.05, 3.63) is 33.8 Å². The molecule has 0 N–H and O–H groups in total. The second-order valence-electron chi connectivity index (χ2n) is 2.98. The Bertz CT molecular complexity index is 269. The molecule has 0 heterocycles. The summed E-state index contributed by atoms with van der Waals surface area (Å²) in [6.07, 6.45) is 1.10. The average molecular weight is 203 g/mol. The summed E-state index contributed by atoms with van der Waals surface area (Å²) in [4.78, 5) is 0. The van der Waals surface area contributed by atoms with E-state index < -0.39 is 0 Å². The van der Waals surface area contributed by atoms with Gasteiger partial charge in [0.05, 0.1) is 0 Å². The molecule has 1 rings (SSSR count). The van der Waals surface area contributed by atoms with Crippen LogP contribution in [0.15, 0.2) is 18.2 Å². The van der Waals surface area contributed by atoms with Crippen LogP contribution in [0.2, 0.25) is 10.0 Å². The lowest BCUT2D eigenvalue weighted by atomic mass is 9.99. The molecule has 0 unspecified atom stereocenters. The molecule has 1 aromatic rings. The van der Waals surface area contributed by atoms with E-state index in [4.69, 9.17) is 23.2 Å². The molecule has 0 radical (unpaired) electrons. The number of benzene rings is 1. The predicted molar refractivity (Wildman–Crippen MR) is 55.2 cm³/mol. The monoisotopic (exact) mass is 202 g/mol. The van der Waals surface area contributed by atoms with Gasteiger partial charge in [0, 0.05) is 10.0 Å². The van der Waals surface area contributed by atoms with Crippen molar-refractivity contribution in [2.45, 2.75) is 26.2 Å². The zero-order valence-electron chi connectivity index (χ0n) is 7.27. The molecule has 0 aromatic heterocycles. The van der Waals surface area contributed by atoms with Gasteiger partial charge in [0.2, 0.25) is 0 Å². The molecular formula is C10H12Cl2. The molecule has 0 saturated carbocycles. The van der Waals surface area contributed by atoms with Crippen molar-refractivity contribution < 1.29 is 0 Å². The minimum Gasteiger partial charge on any atom is -0.0843 e. The summed E-state index contributed by atoms with van der Waals surface area (Å²) in [7, 11) is 0. The van der Waals surface area contributed by atoms with Gasteiger partial charge < -0.3 is 0 Å². The van der Waals surface area contributed by atoms with Gasteiger partial charge in [0.1, 0.15) is 0 Å². The maximum absolute atomic E-state index is 6.02. The first kappa shape index (κ1) is 9.88. The molecule has 1 aromatic carbocycles. The van der Waals surface area contributed by atoms with E-state index in [9.17, 15) is 0 Å². The van der Waals surface area contributed by atoms with Gasteiger partial charge in [0.15, 0.2) is 0 Å². The molecule has 0 fully saturated rings. The van der Waals surface area contributed by atoms with E-state index in [0.29, 0.717) is 10.9 Å². The molecule has 0 saturated heterocycles. The lowest BCUT2D eigenvalue weighted by Crippen LogP contribution is -1.91. The number of halogens is 2. The van der Waals surface area contributed by atoms with Crippen LogP contribution in [0.25, 0.3) is 0 Å². The molecule has 0 spiro atoms. The lowest BCUT2D eigenvalue weighted by molar-refractivity contribution is 0.734. The van der Waals surface area contributed by atoms with Crippen LogP contribution in [0, 0.1) is 0 Å². The third-order valence-electron chi connectivity index (χ3n) is 2.11. The topological polar surface area (TPSA) is 0 Å². The summed E-state index contributed by atoms with van der Waals surface area (Å²) in [5, 5.41) is 1.48. The maximum atomic E-state index is 6.02. The molecule has 0 nitrogen and oxygen atoms in total. The summed E-state index contributed by atoms with van der Waals surface area (Å²) in [5.41, 5.74) is 1.18. The van der Waals surface area contributed by atoms with Crippen LogP contribution in [0.1, 0.15) is 31.7 Å². The van der Waals surface area contributed by atoms with E-state index in [1.807, 2.05) is 12.1 Å². The Hall–Kier alpha value is -0.200. The third-order valence-corrected chi connectivity index (χ3v) is 2.67. The van der Waals surface area contributed by atoms with Crippen molar-refractivity contribution in [1.29, 1.82) is 0 Å². The Morgan fingerprint density at radius 2 is 2.00 bits per heavy atom. The molecule has 0 amide bonds. The minimum atomic E-state index is 0.509. The van der Waals surface area contributed by atoms with E-state index in [-0.39, 0.29) is 0 Å². The zero-order valence-corrected chi connectivity index (χ0v) is 8.78. The fourth-order valence-electron chi connectivity index (χ4n) is 1.12. The van der Waals surface area contributed by atoms with Crippen LogP contribution >= 0.6 is 23.2 Å². The second-order valence-corrected chi connectivity index (χ2v) is 3.82. The van der Waals surface area contributed by atoms with E-state index in [1.54, 1.807) is 6.07 Å². The van der Waals surface area contributed by atoms with Crippen molar-refractivity contribution in [2.24, 2.45) is 0 Å². The van der Waals surface area contributed by atoms with Gasteiger partial charge >= 0.3 is 0 Å². The van der Waals surface area contributed by atoms with Crippen LogP contribution < -0.4 is 0 Å². The Labute approximate surface area is 83.5 Å². The number of rotatable bonds is 2. The molecule has 12 heavy (non-hydrogen) atoms. The first-order chi connectivity index (χ1) is 5.65. The summed E-state index contributed by atoms with van der Waals surface area (Å²) >= 11 is 11.8. The Morgan fingerprint density at radius 3 is 2.50 bits per heavy atom. The van der Waals surface area contributed by atoms with Crippen molar-refractivity contribution >= 4 is 23.2 Å². The summed E-state index contributed by atoms with van der Waals surface area (Å²) in [5.74, 6) is 0.509. The van der Waals surface area contributed by atoms with Gasteiger partial charge in [0.25, 0.3) is 0 Å². The van der Waals surface area contributed by atoms with Crippen molar-refractivity contribution in [2.75, 3.05) is 0 Å². The van der Waals surface area contributed by atoms with Crippen LogP contribution in [-0.4, -0.2) is 0 Å². The summed E-state index contributed by atoms with van der Waals surface area (Å²) < 4.78 is 0. The van der Waals surface area contributed by atoms with E-state index in [0.717, 1.165) is 11.4 Å². The highest BCUT2D eigenvalue weighted by molar-refractivity contribution is 6.35. The van der Waals surface area contributed by atoms with Crippen LogP contribution in [-0.2, 0) is 0 Å². The van der Waals surface area contributed by atoms with Crippen molar-refractivity contribution in [3.63, 3.8) is 0 Å². The second kappa shape index (κ2) is 4.15. The Morgan fingerprint density at radius 1 is 1.33 bits per heavy atom. The van der Waals surface area contributed by atoms with Gasteiger partial charge in [-0.1, -0.05) is 43.1 Å².